The number of hydrogen-bond donors (Lipinski definition) is 2. The Morgan fingerprint density at radius 1 is 1.31 bits per heavy atom. The number of piperidine rings is 1. The molecule has 0 saturated carbocycles. The number of carbonyl (C=O) groups is 1. The molecule has 2 aliphatic rings. The fraction of sp³-hybridized carbons (Fsp3) is 0.684. The highest BCUT2D eigenvalue weighted by atomic mass is 16.4. The molecule has 2 aliphatic heterocycles. The Morgan fingerprint density at radius 2 is 2.08 bits per heavy atom. The van der Waals surface area contributed by atoms with E-state index in [2.05, 4.69) is 26.7 Å². The Hall–Kier alpha value is -1.70. The Morgan fingerprint density at radius 3 is 2.77 bits per heavy atom. The summed E-state index contributed by atoms with van der Waals surface area (Å²) in [5, 5.41) is 9.15. The molecule has 26 heavy (non-hydrogen) atoms. The number of nitrogens with two attached hydrogens (primary N) is 1. The number of nitrogens with zero attached hydrogens (tertiary/aromatic N) is 4. The van der Waals surface area contributed by atoms with Crippen molar-refractivity contribution in [1.29, 1.82) is 0 Å². The average Bonchev–Trinajstić information content (AvgIpc) is 2.63. The van der Waals surface area contributed by atoms with Crippen LogP contribution in [0.5, 0.6) is 0 Å². The molecule has 0 bridgehead atoms. The van der Waals surface area contributed by atoms with Gasteiger partial charge in [0.25, 0.3) is 0 Å². The molecule has 3 N–H and O–H groups in total. The van der Waals surface area contributed by atoms with E-state index >= 15 is 0 Å². The van der Waals surface area contributed by atoms with Gasteiger partial charge in [0.1, 0.15) is 5.82 Å². The van der Waals surface area contributed by atoms with Crippen molar-refractivity contribution in [3.63, 3.8) is 0 Å². The summed E-state index contributed by atoms with van der Waals surface area (Å²) >= 11 is 0. The summed E-state index contributed by atoms with van der Waals surface area (Å²) in [7, 11) is 2.17. The largest absolute Gasteiger partial charge is 0.481 e. The molecular formula is C19H31N5O2. The molecule has 0 spiro atoms. The predicted molar refractivity (Wildman–Crippen MR) is 102 cm³/mol. The van der Waals surface area contributed by atoms with Gasteiger partial charge in [-0.3, -0.25) is 14.6 Å². The number of piperazine rings is 1. The van der Waals surface area contributed by atoms with Crippen molar-refractivity contribution in [2.45, 2.75) is 31.8 Å². The highest BCUT2D eigenvalue weighted by Gasteiger charge is 2.34. The molecule has 7 nitrogen and oxygen atoms in total. The van der Waals surface area contributed by atoms with Crippen LogP contribution in [0.1, 0.15) is 24.8 Å². The lowest BCUT2D eigenvalue weighted by atomic mass is 9.86. The van der Waals surface area contributed by atoms with Gasteiger partial charge in [-0.25, -0.2) is 4.98 Å². The first-order valence-corrected chi connectivity index (χ1v) is 9.59. The summed E-state index contributed by atoms with van der Waals surface area (Å²) in [5.41, 5.74) is 7.06. The zero-order chi connectivity index (χ0) is 18.5. The lowest BCUT2D eigenvalue weighted by molar-refractivity contribution is -0.137. The quantitative estimate of drug-likeness (QED) is 0.781. The Balaban J connectivity index is 1.64. The summed E-state index contributed by atoms with van der Waals surface area (Å²) in [6, 6.07) is 4.44. The molecule has 0 aliphatic carbocycles. The third-order valence-corrected chi connectivity index (χ3v) is 5.83. The van der Waals surface area contributed by atoms with E-state index in [0.29, 0.717) is 17.8 Å². The maximum atomic E-state index is 11.1. The van der Waals surface area contributed by atoms with E-state index in [1.807, 2.05) is 12.1 Å². The number of carboxylic acids is 1. The summed E-state index contributed by atoms with van der Waals surface area (Å²) in [6.45, 7) is 7.10. The number of anilines is 1. The summed E-state index contributed by atoms with van der Waals surface area (Å²) < 4.78 is 0. The summed E-state index contributed by atoms with van der Waals surface area (Å²) in [4.78, 5) is 22.7. The molecule has 3 rings (SSSR count). The van der Waals surface area contributed by atoms with E-state index in [1.165, 1.54) is 0 Å². The molecule has 0 amide bonds. The molecule has 0 unspecified atom stereocenters. The lowest BCUT2D eigenvalue weighted by Crippen LogP contribution is -2.56. The molecule has 7 heteroatoms. The first-order chi connectivity index (χ1) is 12.5. The first kappa shape index (κ1) is 19.1. The molecule has 0 aromatic carbocycles. The second-order valence-corrected chi connectivity index (χ2v) is 7.67. The van der Waals surface area contributed by atoms with Gasteiger partial charge in [0, 0.05) is 63.5 Å². The molecular weight excluding hydrogens is 330 g/mol. The maximum absolute atomic E-state index is 11.1. The first-order valence-electron chi connectivity index (χ1n) is 9.59. The van der Waals surface area contributed by atoms with Crippen molar-refractivity contribution >= 4 is 11.8 Å². The molecule has 1 aromatic rings. The summed E-state index contributed by atoms with van der Waals surface area (Å²) in [6.07, 6.45) is 3.80. The number of pyridine rings is 1. The monoisotopic (exact) mass is 361 g/mol. The van der Waals surface area contributed by atoms with Crippen LogP contribution in [-0.2, 0) is 11.3 Å². The van der Waals surface area contributed by atoms with Gasteiger partial charge in [0.05, 0.1) is 0 Å². The van der Waals surface area contributed by atoms with Crippen molar-refractivity contribution < 1.29 is 9.90 Å². The van der Waals surface area contributed by atoms with Gasteiger partial charge in [0.15, 0.2) is 0 Å². The van der Waals surface area contributed by atoms with E-state index in [9.17, 15) is 4.79 Å². The Kier molecular flexibility index (Phi) is 6.45. The Bertz CT molecular complexity index is 603. The Labute approximate surface area is 155 Å². The van der Waals surface area contributed by atoms with Gasteiger partial charge in [-0.05, 0) is 38.4 Å². The predicted octanol–water partition coefficient (Wildman–Crippen LogP) is 0.967. The molecule has 2 atom stereocenters. The van der Waals surface area contributed by atoms with Crippen LogP contribution >= 0.6 is 0 Å². The molecule has 3 heterocycles. The van der Waals surface area contributed by atoms with Crippen LogP contribution in [0.2, 0.25) is 0 Å². The third kappa shape index (κ3) is 4.93. The summed E-state index contributed by atoms with van der Waals surface area (Å²) in [5.74, 6) is 0.285. The molecule has 2 saturated heterocycles. The smallest absolute Gasteiger partial charge is 0.303 e. The number of nitrogen functional groups attached to an aromatic ring is 1. The lowest BCUT2D eigenvalue weighted by Gasteiger charge is -2.46. The fourth-order valence-electron chi connectivity index (χ4n) is 4.29. The standard InChI is InChI=1S/C19H31N5O2/c1-22-9-11-24(12-10-22)17-6-8-23(13-15(17)4-5-18(25)26)14-16-3-2-7-21-19(16)20/h2-3,7,15,17H,4-6,8-14H2,1H3,(H2,20,21)(H,25,26)/t15-,17+/m1/s1. The minimum atomic E-state index is -0.698. The van der Waals surface area contributed by atoms with E-state index in [1.54, 1.807) is 6.20 Å². The van der Waals surface area contributed by atoms with Gasteiger partial charge in [-0.2, -0.15) is 0 Å². The van der Waals surface area contributed by atoms with Crippen LogP contribution in [0, 0.1) is 5.92 Å². The van der Waals surface area contributed by atoms with Crippen molar-refractivity contribution in [3.8, 4) is 0 Å². The topological polar surface area (TPSA) is 85.9 Å². The maximum Gasteiger partial charge on any atom is 0.303 e. The van der Waals surface area contributed by atoms with Gasteiger partial charge < -0.3 is 15.7 Å². The van der Waals surface area contributed by atoms with Crippen LogP contribution in [0.15, 0.2) is 18.3 Å². The second kappa shape index (κ2) is 8.79. The van der Waals surface area contributed by atoms with E-state index < -0.39 is 5.97 Å². The highest BCUT2D eigenvalue weighted by Crippen LogP contribution is 2.28. The number of carboxylic acid groups (broad SMARTS) is 1. The van der Waals surface area contributed by atoms with Crippen LogP contribution in [-0.4, -0.2) is 83.1 Å². The average molecular weight is 361 g/mol. The van der Waals surface area contributed by atoms with E-state index in [0.717, 1.165) is 64.2 Å². The molecule has 1 aromatic heterocycles. The number of hydrogen-bond acceptors (Lipinski definition) is 6. The van der Waals surface area contributed by atoms with E-state index in [4.69, 9.17) is 10.8 Å². The van der Waals surface area contributed by atoms with Crippen LogP contribution in [0.25, 0.3) is 0 Å². The van der Waals surface area contributed by atoms with Crippen molar-refractivity contribution in [1.82, 2.24) is 19.7 Å². The minimum Gasteiger partial charge on any atom is -0.481 e. The molecule has 0 radical (unpaired) electrons. The van der Waals surface area contributed by atoms with Crippen LogP contribution in [0.4, 0.5) is 5.82 Å². The normalized spacial score (nSPS) is 26.0. The van der Waals surface area contributed by atoms with Gasteiger partial charge in [-0.1, -0.05) is 6.07 Å². The number of likely N-dealkylation sites (tertiary alicyclic amines) is 1. The van der Waals surface area contributed by atoms with Gasteiger partial charge in [-0.15, -0.1) is 0 Å². The molecule has 2 fully saturated rings. The van der Waals surface area contributed by atoms with Crippen LogP contribution < -0.4 is 5.73 Å². The minimum absolute atomic E-state index is 0.248. The fourth-order valence-corrected chi connectivity index (χ4v) is 4.29. The van der Waals surface area contributed by atoms with Gasteiger partial charge in [0.2, 0.25) is 0 Å². The number of likely N-dealkylation sites (N-methyl/N-ethyl adjacent to an activating group) is 1. The van der Waals surface area contributed by atoms with E-state index in [-0.39, 0.29) is 6.42 Å². The zero-order valence-electron chi connectivity index (χ0n) is 15.7. The molecule has 144 valence electrons. The zero-order valence-corrected chi connectivity index (χ0v) is 15.7. The highest BCUT2D eigenvalue weighted by molar-refractivity contribution is 5.66. The van der Waals surface area contributed by atoms with Crippen molar-refractivity contribution in [2.75, 3.05) is 52.0 Å². The number of rotatable bonds is 6. The number of aromatic nitrogens is 1. The third-order valence-electron chi connectivity index (χ3n) is 5.83. The van der Waals surface area contributed by atoms with Crippen molar-refractivity contribution in [2.24, 2.45) is 5.92 Å². The second-order valence-electron chi connectivity index (χ2n) is 7.67. The van der Waals surface area contributed by atoms with Gasteiger partial charge >= 0.3 is 5.97 Å². The number of aliphatic carboxylic acids is 1. The van der Waals surface area contributed by atoms with Crippen LogP contribution in [0.3, 0.4) is 0 Å². The SMILES string of the molecule is CN1CCN([C@H]2CCN(Cc3cccnc3N)C[C@H]2CCC(=O)O)CC1. The van der Waals surface area contributed by atoms with Crippen molar-refractivity contribution in [3.05, 3.63) is 23.9 Å².